The number of ether oxygens (including phenoxy) is 1. The minimum absolute atomic E-state index is 0.0946. The summed E-state index contributed by atoms with van der Waals surface area (Å²) in [6.45, 7) is 3.48. The van der Waals surface area contributed by atoms with Crippen LogP contribution >= 0.6 is 11.3 Å². The molecule has 1 atom stereocenters. The Morgan fingerprint density at radius 2 is 2.23 bits per heavy atom. The number of amides is 1. The molecular formula is C15H15N3O3S. The second kappa shape index (κ2) is 5.49. The fourth-order valence-corrected chi connectivity index (χ4v) is 3.09. The van der Waals surface area contributed by atoms with E-state index in [0.717, 1.165) is 5.69 Å². The average molecular weight is 317 g/mol. The van der Waals surface area contributed by atoms with Crippen molar-refractivity contribution < 1.29 is 14.3 Å². The smallest absolute Gasteiger partial charge is 0.307 e. The number of nitrogens with one attached hydrogen (secondary N) is 1. The molecule has 1 fully saturated rings. The van der Waals surface area contributed by atoms with E-state index in [2.05, 4.69) is 15.3 Å². The van der Waals surface area contributed by atoms with Gasteiger partial charge in [-0.15, -0.1) is 11.3 Å². The van der Waals surface area contributed by atoms with E-state index in [4.69, 9.17) is 4.74 Å². The zero-order chi connectivity index (χ0) is 15.7. The Hall–Kier alpha value is -2.28. The van der Waals surface area contributed by atoms with Crippen molar-refractivity contribution in [2.24, 2.45) is 5.92 Å². The lowest BCUT2D eigenvalue weighted by molar-refractivity contribution is -0.147. The van der Waals surface area contributed by atoms with Crippen LogP contribution in [0.3, 0.4) is 0 Å². The molecule has 2 aromatic rings. The molecule has 0 radical (unpaired) electrons. The minimum Gasteiger partial charge on any atom is -0.459 e. The Labute approximate surface area is 131 Å². The summed E-state index contributed by atoms with van der Waals surface area (Å²) in [6.07, 6.45) is 1.79. The van der Waals surface area contributed by atoms with Crippen LogP contribution in [0.15, 0.2) is 29.8 Å². The number of aromatic nitrogens is 2. The van der Waals surface area contributed by atoms with E-state index in [0.29, 0.717) is 10.8 Å². The van der Waals surface area contributed by atoms with Crippen molar-refractivity contribution in [2.75, 3.05) is 5.32 Å². The van der Waals surface area contributed by atoms with Crippen LogP contribution in [0.2, 0.25) is 0 Å². The lowest BCUT2D eigenvalue weighted by Gasteiger charge is -2.23. The summed E-state index contributed by atoms with van der Waals surface area (Å²) in [5.74, 6) is -1.11. The molecule has 0 aliphatic carbocycles. The van der Waals surface area contributed by atoms with E-state index in [-0.39, 0.29) is 18.3 Å². The monoisotopic (exact) mass is 317 g/mol. The van der Waals surface area contributed by atoms with Crippen LogP contribution in [-0.2, 0) is 14.3 Å². The molecule has 0 saturated carbocycles. The van der Waals surface area contributed by atoms with Crippen molar-refractivity contribution in [2.45, 2.75) is 25.9 Å². The highest BCUT2D eigenvalue weighted by Gasteiger charge is 2.46. The Kier molecular flexibility index (Phi) is 3.66. The van der Waals surface area contributed by atoms with Gasteiger partial charge in [0.2, 0.25) is 5.91 Å². The number of pyridine rings is 1. The number of thiazole rings is 1. The summed E-state index contributed by atoms with van der Waals surface area (Å²) in [4.78, 5) is 32.3. The van der Waals surface area contributed by atoms with Gasteiger partial charge in [-0.1, -0.05) is 6.07 Å². The van der Waals surface area contributed by atoms with Crippen LogP contribution in [0.25, 0.3) is 11.4 Å². The lowest BCUT2D eigenvalue weighted by atomic mass is 9.90. The second-order valence-corrected chi connectivity index (χ2v) is 6.43. The van der Waals surface area contributed by atoms with Crippen LogP contribution in [0.5, 0.6) is 0 Å². The highest BCUT2D eigenvalue weighted by atomic mass is 32.1. The third-order valence-corrected chi connectivity index (χ3v) is 4.32. The Bertz CT molecular complexity index is 712. The zero-order valence-corrected chi connectivity index (χ0v) is 13.0. The van der Waals surface area contributed by atoms with E-state index >= 15 is 0 Å². The third-order valence-electron chi connectivity index (χ3n) is 3.56. The highest BCUT2D eigenvalue weighted by molar-refractivity contribution is 7.14. The topological polar surface area (TPSA) is 81.2 Å². The van der Waals surface area contributed by atoms with E-state index in [1.165, 1.54) is 11.3 Å². The molecule has 114 valence electrons. The number of rotatable bonds is 3. The number of carbonyl (C=O) groups excluding carboxylic acids is 2. The molecule has 0 bridgehead atoms. The fraction of sp³-hybridized carbons (Fsp3) is 0.333. The zero-order valence-electron chi connectivity index (χ0n) is 12.2. The molecule has 1 saturated heterocycles. The van der Waals surface area contributed by atoms with Gasteiger partial charge in [-0.2, -0.15) is 0 Å². The second-order valence-electron chi connectivity index (χ2n) is 5.58. The van der Waals surface area contributed by atoms with Crippen molar-refractivity contribution in [3.8, 4) is 11.4 Å². The lowest BCUT2D eigenvalue weighted by Crippen LogP contribution is -2.36. The maximum absolute atomic E-state index is 12.3. The quantitative estimate of drug-likeness (QED) is 0.880. The van der Waals surface area contributed by atoms with Crippen molar-refractivity contribution >= 4 is 28.3 Å². The molecule has 22 heavy (non-hydrogen) atoms. The first kappa shape index (κ1) is 14.6. The Balaban J connectivity index is 1.73. The standard InChI is InChI=1S/C15H15N3O3S/c1-15(2)9(7-12(19)21-15)13(20)18-14-17-11(8-22-14)10-5-3-4-6-16-10/h3-6,8-9H,7H2,1-2H3,(H,17,18,20)/t9-/m1/s1. The third kappa shape index (κ3) is 2.85. The van der Waals surface area contributed by atoms with Gasteiger partial charge in [-0.05, 0) is 26.0 Å². The number of hydrogen-bond acceptors (Lipinski definition) is 6. The average Bonchev–Trinajstić information content (AvgIpc) is 3.03. The molecule has 3 rings (SSSR count). The SMILES string of the molecule is CC1(C)OC(=O)C[C@@H]1C(=O)Nc1nc(-c2ccccn2)cs1. The number of nitrogens with zero attached hydrogens (tertiary/aromatic N) is 2. The molecule has 0 unspecified atom stereocenters. The normalized spacial score (nSPS) is 19.7. The van der Waals surface area contributed by atoms with E-state index < -0.39 is 11.5 Å². The molecule has 3 heterocycles. The van der Waals surface area contributed by atoms with Crippen LogP contribution in [0.1, 0.15) is 20.3 Å². The number of carbonyl (C=O) groups is 2. The van der Waals surface area contributed by atoms with E-state index in [9.17, 15) is 9.59 Å². The predicted molar refractivity (Wildman–Crippen MR) is 82.3 cm³/mol. The maximum atomic E-state index is 12.3. The van der Waals surface area contributed by atoms with Crippen molar-refractivity contribution in [3.05, 3.63) is 29.8 Å². The summed E-state index contributed by atoms with van der Waals surface area (Å²) in [5.41, 5.74) is 0.667. The minimum atomic E-state index is -0.789. The molecule has 1 aliphatic heterocycles. The van der Waals surface area contributed by atoms with Crippen LogP contribution in [0.4, 0.5) is 5.13 Å². The van der Waals surface area contributed by atoms with Crippen LogP contribution in [0, 0.1) is 5.92 Å². The number of esters is 1. The van der Waals surface area contributed by atoms with E-state index in [1.54, 1.807) is 20.0 Å². The van der Waals surface area contributed by atoms with Crippen molar-refractivity contribution in [1.82, 2.24) is 9.97 Å². The molecule has 6 nitrogen and oxygen atoms in total. The summed E-state index contributed by atoms with van der Waals surface area (Å²) in [6, 6.07) is 5.56. The molecule has 0 spiro atoms. The van der Waals surface area contributed by atoms with Gasteiger partial charge < -0.3 is 10.1 Å². The van der Waals surface area contributed by atoms with Gasteiger partial charge in [0.25, 0.3) is 0 Å². The van der Waals surface area contributed by atoms with Gasteiger partial charge in [0.1, 0.15) is 11.3 Å². The molecular weight excluding hydrogens is 302 g/mol. The van der Waals surface area contributed by atoms with Crippen LogP contribution < -0.4 is 5.32 Å². The number of cyclic esters (lactones) is 1. The van der Waals surface area contributed by atoms with Gasteiger partial charge in [-0.25, -0.2) is 4.98 Å². The summed E-state index contributed by atoms with van der Waals surface area (Å²) in [5, 5.41) is 5.08. The number of anilines is 1. The predicted octanol–water partition coefficient (Wildman–Crippen LogP) is 2.49. The molecule has 7 heteroatoms. The summed E-state index contributed by atoms with van der Waals surface area (Å²) >= 11 is 1.32. The molecule has 1 N–H and O–H groups in total. The van der Waals surface area contributed by atoms with Gasteiger partial charge in [0.05, 0.1) is 18.0 Å². The molecule has 1 aliphatic rings. The first-order valence-electron chi connectivity index (χ1n) is 6.85. The first-order valence-corrected chi connectivity index (χ1v) is 7.73. The Morgan fingerprint density at radius 1 is 1.41 bits per heavy atom. The van der Waals surface area contributed by atoms with E-state index in [1.807, 2.05) is 23.6 Å². The fourth-order valence-electron chi connectivity index (χ4n) is 2.38. The largest absolute Gasteiger partial charge is 0.459 e. The van der Waals surface area contributed by atoms with Crippen LogP contribution in [-0.4, -0.2) is 27.4 Å². The summed E-state index contributed by atoms with van der Waals surface area (Å²) in [7, 11) is 0. The highest BCUT2D eigenvalue weighted by Crippen LogP contribution is 2.33. The molecule has 0 aromatic carbocycles. The Morgan fingerprint density at radius 3 is 2.86 bits per heavy atom. The summed E-state index contributed by atoms with van der Waals surface area (Å²) < 4.78 is 5.17. The van der Waals surface area contributed by atoms with Gasteiger partial charge in [0, 0.05) is 11.6 Å². The van der Waals surface area contributed by atoms with Gasteiger partial charge in [0.15, 0.2) is 5.13 Å². The maximum Gasteiger partial charge on any atom is 0.307 e. The van der Waals surface area contributed by atoms with Gasteiger partial charge in [-0.3, -0.25) is 14.6 Å². The first-order chi connectivity index (χ1) is 10.5. The van der Waals surface area contributed by atoms with Crippen molar-refractivity contribution in [1.29, 1.82) is 0 Å². The molecule has 2 aromatic heterocycles. The number of hydrogen-bond donors (Lipinski definition) is 1. The van der Waals surface area contributed by atoms with Gasteiger partial charge >= 0.3 is 5.97 Å². The molecule has 1 amide bonds. The van der Waals surface area contributed by atoms with Crippen molar-refractivity contribution in [3.63, 3.8) is 0 Å².